The predicted molar refractivity (Wildman–Crippen MR) is 308 cm³/mol. The van der Waals surface area contributed by atoms with E-state index >= 15 is 0 Å². The van der Waals surface area contributed by atoms with E-state index in [4.69, 9.17) is 0 Å². The first-order valence-corrected chi connectivity index (χ1v) is 31.1. The fourth-order valence-electron chi connectivity index (χ4n) is 11.9. The van der Waals surface area contributed by atoms with Crippen molar-refractivity contribution in [2.45, 2.75) is 277 Å². The fourth-order valence-corrected chi connectivity index (χ4v) is 11.9. The number of rotatable bonds is 9. The minimum atomic E-state index is 0.731. The molecule has 4 saturated heterocycles. The lowest BCUT2D eigenvalue weighted by molar-refractivity contribution is 0.112. The van der Waals surface area contributed by atoms with Crippen molar-refractivity contribution in [3.05, 3.63) is 0 Å². The van der Waals surface area contributed by atoms with Crippen LogP contribution in [0.5, 0.6) is 0 Å². The molecule has 7 rings (SSSR count). The molecular formula is C63H131N5. The summed E-state index contributed by atoms with van der Waals surface area (Å²) in [7, 11) is 0. The molecule has 0 aromatic rings. The molecule has 5 heteroatoms. The Kier molecular flexibility index (Phi) is 38.9. The van der Waals surface area contributed by atoms with Crippen LogP contribution >= 0.6 is 0 Å². The standard InChI is InChI=1S/C10H21N.C9H20N2.C9H19N.3C9H18.C8H17N/c1-4-11-7-5-10(6-8-11)9(2)3;1-4-10-5-7-11(8-6-10)9(2)3;1-8(2)10-6-4-9(3)5-7-10;4*1-8(2)9-6-4-3-5-7-9/h9-10H,4-8H2,1-3H3;9H,4-8H2,1-3H3;8-9H,4-7H2,1-3H3;3*8-9H,3-7H2,1-2H3;8H,3-7H2,1-2H3. The monoisotopic (exact) mass is 958 g/mol. The van der Waals surface area contributed by atoms with Crippen LogP contribution < -0.4 is 0 Å². The van der Waals surface area contributed by atoms with Gasteiger partial charge in [-0.05, 0) is 186 Å². The molecular weight excluding hydrogens is 827 g/mol. The third kappa shape index (κ3) is 31.4. The lowest BCUT2D eigenvalue weighted by Gasteiger charge is -2.36. The second-order valence-electron chi connectivity index (χ2n) is 25.5. The quantitative estimate of drug-likeness (QED) is 0.228. The predicted octanol–water partition coefficient (Wildman–Crippen LogP) is 17.1. The molecule has 3 aliphatic carbocycles. The minimum absolute atomic E-state index is 0.731. The highest BCUT2D eigenvalue weighted by atomic mass is 15.3. The molecule has 0 aromatic heterocycles. The topological polar surface area (TPSA) is 16.2 Å². The normalized spacial score (nSPS) is 23.1. The van der Waals surface area contributed by atoms with Gasteiger partial charge in [0.25, 0.3) is 0 Å². The third-order valence-electron chi connectivity index (χ3n) is 18.1. The SMILES string of the molecule is CC(C)C1CCCCC1.CC(C)C1CCCCC1.CC(C)C1CCCCC1.CC(C)N1CCCCC1.CC1CCN(C(C)C)CC1.CCN1CCC(C(C)C)CC1.CCN1CCN(C(C)C)CC1. The number of hydrogen-bond donors (Lipinski definition) is 0. The zero-order valence-electron chi connectivity index (χ0n) is 50.2. The van der Waals surface area contributed by atoms with Crippen molar-refractivity contribution in [3.8, 4) is 0 Å². The van der Waals surface area contributed by atoms with Crippen LogP contribution in [0, 0.1) is 53.3 Å². The number of piperidine rings is 3. The first-order valence-electron chi connectivity index (χ1n) is 31.1. The zero-order valence-corrected chi connectivity index (χ0v) is 50.2. The lowest BCUT2D eigenvalue weighted by Crippen LogP contribution is -2.48. The van der Waals surface area contributed by atoms with E-state index in [1.807, 2.05) is 0 Å². The first-order chi connectivity index (χ1) is 32.4. The van der Waals surface area contributed by atoms with Gasteiger partial charge < -0.3 is 19.6 Å². The molecule has 4 heterocycles. The molecule has 0 radical (unpaired) electrons. The highest BCUT2D eigenvalue weighted by Gasteiger charge is 2.22. The van der Waals surface area contributed by atoms with Gasteiger partial charge in [-0.1, -0.05) is 179 Å². The van der Waals surface area contributed by atoms with Crippen LogP contribution in [0.2, 0.25) is 0 Å². The summed E-state index contributed by atoms with van der Waals surface area (Å²) in [5, 5.41) is 0. The van der Waals surface area contributed by atoms with Crippen molar-refractivity contribution in [2.24, 2.45) is 53.3 Å². The average molecular weight is 959 g/mol. The largest absolute Gasteiger partial charge is 0.304 e. The van der Waals surface area contributed by atoms with Gasteiger partial charge in [-0.15, -0.1) is 0 Å². The number of likely N-dealkylation sites (tertiary alicyclic amines) is 3. The fraction of sp³-hybridized carbons (Fsp3) is 1.00. The van der Waals surface area contributed by atoms with E-state index in [2.05, 4.69) is 142 Å². The van der Waals surface area contributed by atoms with Crippen molar-refractivity contribution in [3.63, 3.8) is 0 Å². The second-order valence-corrected chi connectivity index (χ2v) is 25.5. The van der Waals surface area contributed by atoms with Gasteiger partial charge in [0.1, 0.15) is 0 Å². The number of hydrogen-bond acceptors (Lipinski definition) is 5. The number of piperazine rings is 1. The second kappa shape index (κ2) is 40.2. The average Bonchev–Trinajstić information content (AvgIpc) is 3.36. The van der Waals surface area contributed by atoms with Crippen molar-refractivity contribution in [2.75, 3.05) is 78.5 Å². The van der Waals surface area contributed by atoms with Crippen molar-refractivity contribution in [1.82, 2.24) is 24.5 Å². The first kappa shape index (κ1) is 65.8. The van der Waals surface area contributed by atoms with Gasteiger partial charge in [0.2, 0.25) is 0 Å². The zero-order chi connectivity index (χ0) is 50.9. The third-order valence-corrected chi connectivity index (χ3v) is 18.1. The Hall–Kier alpha value is -0.200. The molecule has 0 N–H and O–H groups in total. The molecule has 0 aromatic carbocycles. The smallest absolute Gasteiger partial charge is 0.0113 e. The van der Waals surface area contributed by atoms with Crippen LogP contribution in [0.3, 0.4) is 0 Å². The lowest BCUT2D eigenvalue weighted by atomic mass is 9.82. The van der Waals surface area contributed by atoms with Crippen LogP contribution in [-0.4, -0.2) is 121 Å². The van der Waals surface area contributed by atoms with E-state index in [0.717, 1.165) is 71.4 Å². The van der Waals surface area contributed by atoms with Gasteiger partial charge in [-0.25, -0.2) is 0 Å². The minimum Gasteiger partial charge on any atom is -0.304 e. The van der Waals surface area contributed by atoms with E-state index in [-0.39, 0.29) is 0 Å². The van der Waals surface area contributed by atoms with Gasteiger partial charge in [-0.2, -0.15) is 0 Å². The molecule has 0 amide bonds. The molecule has 7 aliphatic rings. The molecule has 68 heavy (non-hydrogen) atoms. The van der Waals surface area contributed by atoms with Crippen molar-refractivity contribution >= 4 is 0 Å². The molecule has 0 bridgehead atoms. The van der Waals surface area contributed by atoms with Crippen LogP contribution in [-0.2, 0) is 0 Å². The summed E-state index contributed by atoms with van der Waals surface area (Å²) >= 11 is 0. The molecule has 3 saturated carbocycles. The number of nitrogens with zero attached hydrogens (tertiary/aromatic N) is 5. The van der Waals surface area contributed by atoms with Gasteiger partial charge in [0, 0.05) is 44.3 Å². The Morgan fingerprint density at radius 2 is 0.544 bits per heavy atom. The summed E-state index contributed by atoms with van der Waals surface area (Å²) in [6.45, 7) is 54.9. The van der Waals surface area contributed by atoms with Gasteiger partial charge >= 0.3 is 0 Å². The summed E-state index contributed by atoms with van der Waals surface area (Å²) in [5.74, 6) is 8.83. The summed E-state index contributed by atoms with van der Waals surface area (Å²) < 4.78 is 0. The van der Waals surface area contributed by atoms with E-state index in [9.17, 15) is 0 Å². The van der Waals surface area contributed by atoms with E-state index in [1.54, 1.807) is 0 Å². The molecule has 0 unspecified atom stereocenters. The summed E-state index contributed by atoms with van der Waals surface area (Å²) in [5.41, 5.74) is 0. The summed E-state index contributed by atoms with van der Waals surface area (Å²) in [6, 6.07) is 2.26. The molecule has 7 fully saturated rings. The van der Waals surface area contributed by atoms with E-state index in [1.165, 1.54) is 220 Å². The molecule has 4 aliphatic heterocycles. The molecule has 0 atom stereocenters. The van der Waals surface area contributed by atoms with Crippen LogP contribution in [0.1, 0.15) is 259 Å². The van der Waals surface area contributed by atoms with Crippen LogP contribution in [0.25, 0.3) is 0 Å². The number of likely N-dealkylation sites (N-methyl/N-ethyl adjacent to an activating group) is 1. The Bertz CT molecular complexity index is 937. The maximum Gasteiger partial charge on any atom is 0.0113 e. The Labute approximate surface area is 431 Å². The van der Waals surface area contributed by atoms with Crippen molar-refractivity contribution in [1.29, 1.82) is 0 Å². The Balaban J connectivity index is 0.000000397. The van der Waals surface area contributed by atoms with Gasteiger partial charge in [0.15, 0.2) is 0 Å². The maximum atomic E-state index is 2.57. The summed E-state index contributed by atoms with van der Waals surface area (Å²) in [4.78, 5) is 12.7. The molecule has 408 valence electrons. The van der Waals surface area contributed by atoms with Crippen LogP contribution in [0.4, 0.5) is 0 Å². The molecule has 5 nitrogen and oxygen atoms in total. The van der Waals surface area contributed by atoms with Crippen LogP contribution in [0.15, 0.2) is 0 Å². The molecule has 0 spiro atoms. The maximum absolute atomic E-state index is 2.57. The summed E-state index contributed by atoms with van der Waals surface area (Å²) in [6.07, 6.45) is 32.3. The van der Waals surface area contributed by atoms with Crippen molar-refractivity contribution < 1.29 is 0 Å². The van der Waals surface area contributed by atoms with Gasteiger partial charge in [-0.3, -0.25) is 4.90 Å². The Morgan fingerprint density at radius 1 is 0.279 bits per heavy atom. The van der Waals surface area contributed by atoms with E-state index < -0.39 is 0 Å². The Morgan fingerprint density at radius 3 is 0.809 bits per heavy atom. The van der Waals surface area contributed by atoms with Gasteiger partial charge in [0.05, 0.1) is 0 Å². The highest BCUT2D eigenvalue weighted by molar-refractivity contribution is 4.76. The van der Waals surface area contributed by atoms with E-state index in [0.29, 0.717) is 0 Å². The highest BCUT2D eigenvalue weighted by Crippen LogP contribution is 2.31.